The second-order valence-electron chi connectivity index (χ2n) is 11.2. The summed E-state index contributed by atoms with van der Waals surface area (Å²) >= 11 is 0. The summed E-state index contributed by atoms with van der Waals surface area (Å²) in [5.74, 6) is -0.581. The average molecular weight is 592 g/mol. The van der Waals surface area contributed by atoms with Crippen LogP contribution in [0.2, 0.25) is 0 Å². The summed E-state index contributed by atoms with van der Waals surface area (Å²) < 4.78 is 17.2. The van der Waals surface area contributed by atoms with Crippen LogP contribution in [0.5, 0.6) is 0 Å². The maximum absolute atomic E-state index is 15.2. The van der Waals surface area contributed by atoms with Crippen LogP contribution in [0.4, 0.5) is 15.9 Å². The molecule has 0 radical (unpaired) electrons. The summed E-state index contributed by atoms with van der Waals surface area (Å²) in [6.07, 6.45) is 3.61. The second-order valence-corrected chi connectivity index (χ2v) is 11.2. The van der Waals surface area contributed by atoms with Crippen LogP contribution >= 0.6 is 0 Å². The number of rotatable bonds is 6. The molecular formula is C38H30FN5O. The number of carbonyl (C=O) groups excluding carboxylic acids is 1. The third kappa shape index (κ3) is 4.65. The zero-order valence-electron chi connectivity index (χ0n) is 24.6. The highest BCUT2D eigenvalue weighted by atomic mass is 19.1. The standard InChI is InChI=1S/C38H30FN5O/c1-37(40)36(45)44(33-24-14-12-22-31(33)35(42-37)30-21-11-13-23-32(30)39)34-25-43(26-41-34)38(27-15-5-2-6-16-27,28-17-7-3-8-18-28)29-19-9-4-10-20-29/h2-26H,40H2,1H3/t37-/m1/s1. The van der Waals surface area contributed by atoms with E-state index in [1.165, 1.54) is 17.9 Å². The molecular weight excluding hydrogens is 561 g/mol. The number of benzene rings is 5. The van der Waals surface area contributed by atoms with E-state index in [1.807, 2.05) is 89.6 Å². The Labute approximate surface area is 260 Å². The van der Waals surface area contributed by atoms with Gasteiger partial charge in [0.1, 0.15) is 11.4 Å². The van der Waals surface area contributed by atoms with Crippen molar-refractivity contribution < 1.29 is 9.18 Å². The lowest BCUT2D eigenvalue weighted by atomic mass is 9.77. The molecule has 1 aliphatic heterocycles. The zero-order valence-corrected chi connectivity index (χ0v) is 24.6. The molecule has 220 valence electrons. The molecule has 7 heteroatoms. The first-order valence-electron chi connectivity index (χ1n) is 14.7. The minimum atomic E-state index is -1.71. The van der Waals surface area contributed by atoms with Gasteiger partial charge in [0.2, 0.25) is 0 Å². The van der Waals surface area contributed by atoms with Gasteiger partial charge in [0.15, 0.2) is 11.5 Å². The minimum absolute atomic E-state index is 0.262. The van der Waals surface area contributed by atoms with Crippen LogP contribution in [0.15, 0.2) is 157 Å². The molecule has 6 nitrogen and oxygen atoms in total. The fourth-order valence-corrected chi connectivity index (χ4v) is 6.23. The third-order valence-corrected chi connectivity index (χ3v) is 8.27. The van der Waals surface area contributed by atoms with Gasteiger partial charge in [-0.2, -0.15) is 0 Å². The van der Waals surface area contributed by atoms with Gasteiger partial charge in [-0.25, -0.2) is 9.37 Å². The van der Waals surface area contributed by atoms with Crippen molar-refractivity contribution in [3.63, 3.8) is 0 Å². The fourth-order valence-electron chi connectivity index (χ4n) is 6.23. The number of nitrogens with two attached hydrogens (primary N) is 1. The number of carbonyl (C=O) groups is 1. The van der Waals surface area contributed by atoms with E-state index in [9.17, 15) is 4.79 Å². The van der Waals surface area contributed by atoms with E-state index in [0.29, 0.717) is 22.8 Å². The molecule has 0 saturated carbocycles. The van der Waals surface area contributed by atoms with E-state index < -0.39 is 22.9 Å². The van der Waals surface area contributed by atoms with Gasteiger partial charge in [0.05, 0.1) is 23.9 Å². The SMILES string of the molecule is C[C@@]1(N)N=C(c2ccccc2F)c2ccccc2N(c2cn(C(c3ccccc3)(c3ccccc3)c3ccccc3)cn2)C1=O. The van der Waals surface area contributed by atoms with Crippen LogP contribution in [-0.4, -0.2) is 26.8 Å². The van der Waals surface area contributed by atoms with Crippen molar-refractivity contribution in [1.29, 1.82) is 0 Å². The number of para-hydroxylation sites is 1. The molecule has 0 unspecified atom stereocenters. The van der Waals surface area contributed by atoms with Gasteiger partial charge in [-0.15, -0.1) is 0 Å². The van der Waals surface area contributed by atoms with Gasteiger partial charge < -0.3 is 4.57 Å². The number of amides is 1. The van der Waals surface area contributed by atoms with E-state index in [2.05, 4.69) is 41.4 Å². The second kappa shape index (κ2) is 11.1. The highest BCUT2D eigenvalue weighted by Crippen LogP contribution is 2.43. The van der Waals surface area contributed by atoms with Gasteiger partial charge in [-0.3, -0.25) is 20.4 Å². The highest BCUT2D eigenvalue weighted by molar-refractivity contribution is 6.22. The van der Waals surface area contributed by atoms with Crippen molar-refractivity contribution >= 4 is 23.1 Å². The van der Waals surface area contributed by atoms with E-state index in [4.69, 9.17) is 10.7 Å². The third-order valence-electron chi connectivity index (χ3n) is 8.27. The average Bonchev–Trinajstić information content (AvgIpc) is 3.53. The molecule has 0 fully saturated rings. The first-order valence-corrected chi connectivity index (χ1v) is 14.7. The first kappa shape index (κ1) is 28.1. The maximum Gasteiger partial charge on any atom is 0.275 e. The number of hydrogen-bond donors (Lipinski definition) is 1. The van der Waals surface area contributed by atoms with Crippen molar-refractivity contribution in [2.45, 2.75) is 18.1 Å². The zero-order chi connectivity index (χ0) is 31.0. The Morgan fingerprint density at radius 2 is 1.18 bits per heavy atom. The molecule has 6 aromatic rings. The highest BCUT2D eigenvalue weighted by Gasteiger charge is 2.42. The molecule has 1 aromatic heterocycles. The van der Waals surface area contributed by atoms with E-state index in [-0.39, 0.29) is 5.56 Å². The molecule has 0 spiro atoms. The van der Waals surface area contributed by atoms with Crippen LogP contribution in [-0.2, 0) is 10.3 Å². The summed E-state index contributed by atoms with van der Waals surface area (Å²) in [6, 6.07) is 44.3. The number of halogens is 1. The number of benzodiazepines with no additional fused rings is 1. The molecule has 45 heavy (non-hydrogen) atoms. The quantitative estimate of drug-likeness (QED) is 0.211. The van der Waals surface area contributed by atoms with Gasteiger partial charge >= 0.3 is 0 Å². The van der Waals surface area contributed by atoms with Crippen molar-refractivity contribution in [3.05, 3.63) is 186 Å². The van der Waals surface area contributed by atoms with Crippen molar-refractivity contribution in [2.75, 3.05) is 4.90 Å². The summed E-state index contributed by atoms with van der Waals surface area (Å²) in [7, 11) is 0. The Morgan fingerprint density at radius 1 is 0.689 bits per heavy atom. The number of hydrogen-bond acceptors (Lipinski definition) is 4. The predicted molar refractivity (Wildman–Crippen MR) is 175 cm³/mol. The monoisotopic (exact) mass is 591 g/mol. The lowest BCUT2D eigenvalue weighted by Gasteiger charge is -2.37. The Hall–Kier alpha value is -5.66. The van der Waals surface area contributed by atoms with Crippen LogP contribution in [0.25, 0.3) is 0 Å². The number of aromatic nitrogens is 2. The summed E-state index contributed by atoms with van der Waals surface area (Å²) in [5.41, 5.74) is 8.79. The largest absolute Gasteiger partial charge is 0.317 e. The van der Waals surface area contributed by atoms with Crippen molar-refractivity contribution in [3.8, 4) is 0 Å². The molecule has 1 aliphatic rings. The molecule has 2 heterocycles. The smallest absolute Gasteiger partial charge is 0.275 e. The van der Waals surface area contributed by atoms with Crippen LogP contribution in [0.3, 0.4) is 0 Å². The number of aliphatic imine (C=N–C) groups is 1. The Morgan fingerprint density at radius 3 is 1.73 bits per heavy atom. The Bertz CT molecular complexity index is 1920. The van der Waals surface area contributed by atoms with E-state index in [1.54, 1.807) is 24.5 Å². The molecule has 0 bridgehead atoms. The number of imidazole rings is 1. The Balaban J connectivity index is 1.47. The molecule has 1 atom stereocenters. The predicted octanol–water partition coefficient (Wildman–Crippen LogP) is 7.05. The lowest BCUT2D eigenvalue weighted by molar-refractivity contribution is -0.122. The molecule has 7 rings (SSSR count). The topological polar surface area (TPSA) is 76.5 Å². The van der Waals surface area contributed by atoms with Gasteiger partial charge in [0.25, 0.3) is 5.91 Å². The van der Waals surface area contributed by atoms with Crippen molar-refractivity contribution in [1.82, 2.24) is 9.55 Å². The molecule has 2 N–H and O–H groups in total. The lowest BCUT2D eigenvalue weighted by Crippen LogP contribution is -2.50. The molecule has 0 aliphatic carbocycles. The summed E-state index contributed by atoms with van der Waals surface area (Å²) in [5, 5.41) is 0. The maximum atomic E-state index is 15.2. The minimum Gasteiger partial charge on any atom is -0.317 e. The summed E-state index contributed by atoms with van der Waals surface area (Å²) in [6.45, 7) is 1.54. The van der Waals surface area contributed by atoms with E-state index in [0.717, 1.165) is 16.7 Å². The van der Waals surface area contributed by atoms with Gasteiger partial charge in [-0.05, 0) is 41.8 Å². The van der Waals surface area contributed by atoms with E-state index >= 15 is 4.39 Å². The first-order chi connectivity index (χ1) is 21.9. The Kier molecular flexibility index (Phi) is 6.95. The molecule has 1 amide bonds. The van der Waals surface area contributed by atoms with Crippen LogP contribution in [0, 0.1) is 5.82 Å². The summed E-state index contributed by atoms with van der Waals surface area (Å²) in [4.78, 5) is 25.3. The number of nitrogens with zero attached hydrogens (tertiary/aromatic N) is 4. The molecule has 5 aromatic carbocycles. The molecule has 0 saturated heterocycles. The normalized spacial score (nSPS) is 16.6. The number of anilines is 2. The van der Waals surface area contributed by atoms with Gasteiger partial charge in [0, 0.05) is 11.1 Å². The van der Waals surface area contributed by atoms with Gasteiger partial charge in [-0.1, -0.05) is 121 Å². The van der Waals surface area contributed by atoms with Crippen LogP contribution < -0.4 is 10.6 Å². The fraction of sp³-hybridized carbons (Fsp3) is 0.0789. The van der Waals surface area contributed by atoms with Crippen LogP contribution in [0.1, 0.15) is 34.7 Å². The van der Waals surface area contributed by atoms with Crippen molar-refractivity contribution in [2.24, 2.45) is 10.7 Å². The number of fused-ring (bicyclic) bond motifs is 1.